The summed E-state index contributed by atoms with van der Waals surface area (Å²) < 4.78 is 0. The fourth-order valence-corrected chi connectivity index (χ4v) is 4.31. The minimum atomic E-state index is -0.237. The van der Waals surface area contributed by atoms with E-state index < -0.39 is 0 Å². The Bertz CT molecular complexity index is 1450. The third-order valence-corrected chi connectivity index (χ3v) is 6.14. The van der Waals surface area contributed by atoms with Crippen LogP contribution in [0, 0.1) is 6.92 Å². The first-order valence-electron chi connectivity index (χ1n) is 11.6. The van der Waals surface area contributed by atoms with Crippen LogP contribution in [0.1, 0.15) is 21.6 Å². The molecule has 0 saturated heterocycles. The van der Waals surface area contributed by atoms with Gasteiger partial charge in [-0.15, -0.1) is 0 Å². The van der Waals surface area contributed by atoms with E-state index in [0.29, 0.717) is 24.2 Å². The van der Waals surface area contributed by atoms with Crippen molar-refractivity contribution < 1.29 is 4.79 Å². The molecule has 5 rings (SSSR count). The average molecular weight is 462 g/mol. The van der Waals surface area contributed by atoms with Crippen LogP contribution in [0.25, 0.3) is 22.0 Å². The molecule has 3 aromatic carbocycles. The molecule has 0 aliphatic rings. The molecule has 6 nitrogen and oxygen atoms in total. The molecule has 174 valence electrons. The van der Waals surface area contributed by atoms with Crippen LogP contribution >= 0.6 is 0 Å². The zero-order valence-electron chi connectivity index (χ0n) is 19.6. The number of amides is 1. The number of nitrogens with one attached hydrogen (secondary N) is 1. The number of anilines is 1. The Morgan fingerprint density at radius 1 is 0.943 bits per heavy atom. The number of hydrogen-bond donors (Lipinski definition) is 2. The van der Waals surface area contributed by atoms with E-state index in [-0.39, 0.29) is 11.9 Å². The lowest BCUT2D eigenvalue weighted by Crippen LogP contribution is -2.42. The summed E-state index contributed by atoms with van der Waals surface area (Å²) in [4.78, 5) is 19.8. The van der Waals surface area contributed by atoms with Gasteiger partial charge in [-0.1, -0.05) is 54.6 Å². The van der Waals surface area contributed by atoms with Gasteiger partial charge in [-0.25, -0.2) is 0 Å². The Morgan fingerprint density at radius 2 is 1.69 bits per heavy atom. The van der Waals surface area contributed by atoms with Crippen molar-refractivity contribution in [3.8, 4) is 11.1 Å². The van der Waals surface area contributed by atoms with Crippen LogP contribution in [0.2, 0.25) is 0 Å². The highest BCUT2D eigenvalue weighted by molar-refractivity contribution is 6.06. The van der Waals surface area contributed by atoms with Crippen molar-refractivity contribution in [3.63, 3.8) is 0 Å². The summed E-state index contributed by atoms with van der Waals surface area (Å²) >= 11 is 0. The molecular formula is C29H27N5O. The molecule has 2 aromatic heterocycles. The second-order valence-electron chi connectivity index (χ2n) is 8.74. The molecule has 0 radical (unpaired) electrons. The van der Waals surface area contributed by atoms with E-state index in [1.54, 1.807) is 11.1 Å². The quantitative estimate of drug-likeness (QED) is 0.351. The first-order chi connectivity index (χ1) is 17.1. The van der Waals surface area contributed by atoms with Gasteiger partial charge in [-0.05, 0) is 54.8 Å². The number of H-pyrrole nitrogens is 1. The summed E-state index contributed by atoms with van der Waals surface area (Å²) in [6.07, 6.45) is 4.21. The molecule has 0 spiro atoms. The largest absolute Gasteiger partial charge is 0.326 e. The summed E-state index contributed by atoms with van der Waals surface area (Å²) in [7, 11) is 0. The van der Waals surface area contributed by atoms with Gasteiger partial charge in [0.05, 0.1) is 17.4 Å². The highest BCUT2D eigenvalue weighted by Crippen LogP contribution is 2.28. The van der Waals surface area contributed by atoms with Crippen LogP contribution in [0.4, 0.5) is 5.69 Å². The van der Waals surface area contributed by atoms with Crippen LogP contribution in [0.3, 0.4) is 0 Å². The highest BCUT2D eigenvalue weighted by atomic mass is 16.2. The minimum Gasteiger partial charge on any atom is -0.326 e. The lowest BCUT2D eigenvalue weighted by molar-refractivity contribution is 0.0985. The van der Waals surface area contributed by atoms with Crippen molar-refractivity contribution in [1.82, 2.24) is 15.2 Å². The summed E-state index contributed by atoms with van der Waals surface area (Å²) in [6, 6.07) is 27.3. The zero-order valence-corrected chi connectivity index (χ0v) is 19.6. The fraction of sp³-hybridized carbons (Fsp3) is 0.138. The van der Waals surface area contributed by atoms with Gasteiger partial charge in [0.15, 0.2) is 0 Å². The second-order valence-corrected chi connectivity index (χ2v) is 8.74. The van der Waals surface area contributed by atoms with Crippen molar-refractivity contribution in [2.24, 2.45) is 5.73 Å². The number of nitrogens with two attached hydrogens (primary N) is 1. The van der Waals surface area contributed by atoms with Gasteiger partial charge in [0, 0.05) is 41.0 Å². The Labute approximate surface area is 204 Å². The molecular weight excluding hydrogens is 434 g/mol. The monoisotopic (exact) mass is 461 g/mol. The number of pyridine rings is 1. The van der Waals surface area contributed by atoms with Gasteiger partial charge in [-0.2, -0.15) is 5.10 Å². The molecule has 0 saturated carbocycles. The predicted octanol–water partition coefficient (Wildman–Crippen LogP) is 5.15. The lowest BCUT2D eigenvalue weighted by Gasteiger charge is -2.26. The van der Waals surface area contributed by atoms with Crippen molar-refractivity contribution in [2.75, 3.05) is 11.4 Å². The topological polar surface area (TPSA) is 87.9 Å². The smallest absolute Gasteiger partial charge is 0.258 e. The molecule has 0 aliphatic carbocycles. The van der Waals surface area contributed by atoms with E-state index in [0.717, 1.165) is 33.3 Å². The maximum atomic E-state index is 13.6. The Hall–Kier alpha value is -4.29. The van der Waals surface area contributed by atoms with Gasteiger partial charge >= 0.3 is 0 Å². The molecule has 0 fully saturated rings. The highest BCUT2D eigenvalue weighted by Gasteiger charge is 2.21. The van der Waals surface area contributed by atoms with Crippen molar-refractivity contribution in [1.29, 1.82) is 0 Å². The number of fused-ring (bicyclic) bond motifs is 1. The summed E-state index contributed by atoms with van der Waals surface area (Å²) in [5.41, 5.74) is 12.9. The van der Waals surface area contributed by atoms with E-state index in [9.17, 15) is 4.79 Å². The van der Waals surface area contributed by atoms with Crippen LogP contribution in [-0.2, 0) is 6.42 Å². The number of hydrogen-bond acceptors (Lipinski definition) is 4. The third kappa shape index (κ3) is 4.98. The van der Waals surface area contributed by atoms with Crippen LogP contribution < -0.4 is 10.6 Å². The van der Waals surface area contributed by atoms with Crippen molar-refractivity contribution in [2.45, 2.75) is 19.4 Å². The average Bonchev–Trinajstić information content (AvgIpc) is 3.28. The van der Waals surface area contributed by atoms with E-state index in [1.165, 1.54) is 0 Å². The molecule has 35 heavy (non-hydrogen) atoms. The predicted molar refractivity (Wildman–Crippen MR) is 140 cm³/mol. The lowest BCUT2D eigenvalue weighted by atomic mass is 10.0. The first-order valence-corrected chi connectivity index (χ1v) is 11.6. The van der Waals surface area contributed by atoms with Crippen molar-refractivity contribution in [3.05, 3.63) is 114 Å². The molecule has 0 unspecified atom stereocenters. The number of rotatable bonds is 7. The SMILES string of the molecule is Cc1[nH]nc2ccc(-c3cncc(N(C[C@@H](N)Cc4ccccc4)C(=O)c4ccccc4)c3)cc12. The summed E-state index contributed by atoms with van der Waals surface area (Å²) in [5.74, 6) is -0.103. The van der Waals surface area contributed by atoms with Gasteiger partial charge in [0.25, 0.3) is 5.91 Å². The molecule has 1 amide bonds. The number of aromatic amines is 1. The molecule has 0 bridgehead atoms. The van der Waals surface area contributed by atoms with Crippen LogP contribution in [-0.4, -0.2) is 33.7 Å². The van der Waals surface area contributed by atoms with Crippen LogP contribution in [0.5, 0.6) is 0 Å². The minimum absolute atomic E-state index is 0.103. The number of nitrogens with zero attached hydrogens (tertiary/aromatic N) is 3. The van der Waals surface area contributed by atoms with Crippen molar-refractivity contribution >= 4 is 22.5 Å². The number of aromatic nitrogens is 3. The molecule has 2 heterocycles. The van der Waals surface area contributed by atoms with E-state index in [1.807, 2.05) is 79.9 Å². The van der Waals surface area contributed by atoms with Gasteiger partial charge in [0.1, 0.15) is 0 Å². The number of carbonyl (C=O) groups is 1. The summed E-state index contributed by atoms with van der Waals surface area (Å²) in [6.45, 7) is 2.37. The second kappa shape index (κ2) is 9.91. The van der Waals surface area contributed by atoms with Gasteiger partial charge in [-0.3, -0.25) is 14.9 Å². The molecule has 5 aromatic rings. The van der Waals surface area contributed by atoms with Gasteiger partial charge < -0.3 is 10.6 Å². The first kappa shape index (κ1) is 22.5. The number of benzene rings is 3. The Kier molecular flexibility index (Phi) is 6.37. The normalized spacial score (nSPS) is 11.9. The Morgan fingerprint density at radius 3 is 2.46 bits per heavy atom. The maximum absolute atomic E-state index is 13.6. The molecule has 3 N–H and O–H groups in total. The van der Waals surface area contributed by atoms with Gasteiger partial charge in [0.2, 0.25) is 0 Å². The fourth-order valence-electron chi connectivity index (χ4n) is 4.31. The molecule has 6 heteroatoms. The maximum Gasteiger partial charge on any atom is 0.258 e. The number of carbonyl (C=O) groups excluding carboxylic acids is 1. The molecule has 1 atom stereocenters. The third-order valence-electron chi connectivity index (χ3n) is 6.14. The number of aryl methyl sites for hydroxylation is 1. The van der Waals surface area contributed by atoms with Crippen LogP contribution in [0.15, 0.2) is 97.3 Å². The summed E-state index contributed by atoms with van der Waals surface area (Å²) in [5, 5.41) is 8.41. The standard InChI is InChI=1S/C29H27N5O/c1-20-27-16-23(12-13-28(27)33-32-20)24-15-26(18-31-17-24)34(29(35)22-10-6-3-7-11-22)19-25(30)14-21-8-4-2-5-9-21/h2-13,15-18,25H,14,19,30H2,1H3,(H,32,33)/t25-/m0/s1. The Balaban J connectivity index is 1.49. The van der Waals surface area contributed by atoms with E-state index in [2.05, 4.69) is 33.4 Å². The van der Waals surface area contributed by atoms with E-state index >= 15 is 0 Å². The van der Waals surface area contributed by atoms with E-state index in [4.69, 9.17) is 5.73 Å². The zero-order chi connectivity index (χ0) is 24.2. The molecule has 0 aliphatic heterocycles.